The van der Waals surface area contributed by atoms with E-state index in [2.05, 4.69) is 5.32 Å². The highest BCUT2D eigenvalue weighted by Gasteiger charge is 2.05. The smallest absolute Gasteiger partial charge is 0.129 e. The van der Waals surface area contributed by atoms with E-state index < -0.39 is 10.8 Å². The number of benzene rings is 1. The third-order valence-electron chi connectivity index (χ3n) is 1.93. The zero-order chi connectivity index (χ0) is 11.3. The van der Waals surface area contributed by atoms with Gasteiger partial charge in [0.05, 0.1) is 0 Å². The van der Waals surface area contributed by atoms with Gasteiger partial charge in [0.25, 0.3) is 0 Å². The number of hydrogen-bond donors (Lipinski definition) is 1. The fourth-order valence-electron chi connectivity index (χ4n) is 1.13. The highest BCUT2D eigenvalue weighted by atomic mass is 35.5. The Balaban J connectivity index is 2.47. The van der Waals surface area contributed by atoms with Gasteiger partial charge in [0, 0.05) is 46.5 Å². The summed E-state index contributed by atoms with van der Waals surface area (Å²) in [6.45, 7) is 0.955. The Morgan fingerprint density at radius 2 is 2.27 bits per heavy atom. The largest absolute Gasteiger partial charge is 0.312 e. The Hall–Kier alpha value is -0.450. The van der Waals surface area contributed by atoms with Gasteiger partial charge in [-0.05, 0) is 12.1 Å². The SMILES string of the molecule is C[S@@](=O)CCNCc1c(F)cccc1Cl. The third-order valence-corrected chi connectivity index (χ3v) is 3.06. The second-order valence-electron chi connectivity index (χ2n) is 3.15. The highest BCUT2D eigenvalue weighted by molar-refractivity contribution is 7.84. The van der Waals surface area contributed by atoms with Crippen molar-refractivity contribution in [1.29, 1.82) is 0 Å². The molecule has 0 aliphatic carbocycles. The van der Waals surface area contributed by atoms with Crippen molar-refractivity contribution in [2.45, 2.75) is 6.54 Å². The van der Waals surface area contributed by atoms with Crippen molar-refractivity contribution >= 4 is 22.4 Å². The number of nitrogens with one attached hydrogen (secondary N) is 1. The van der Waals surface area contributed by atoms with Crippen LogP contribution in [0.15, 0.2) is 18.2 Å². The van der Waals surface area contributed by atoms with Crippen LogP contribution in [0, 0.1) is 5.82 Å². The first kappa shape index (κ1) is 12.6. The standard InChI is InChI=1S/C10H13ClFNOS/c1-15(14)6-5-13-7-8-9(11)3-2-4-10(8)12/h2-4,13H,5-7H2,1H3/t15-/m1/s1. The van der Waals surface area contributed by atoms with Gasteiger partial charge in [-0.2, -0.15) is 0 Å². The predicted molar refractivity (Wildman–Crippen MR) is 62.1 cm³/mol. The van der Waals surface area contributed by atoms with Crippen LogP contribution in [0.2, 0.25) is 5.02 Å². The van der Waals surface area contributed by atoms with E-state index in [0.717, 1.165) is 0 Å². The molecule has 1 aromatic carbocycles. The Bertz CT molecular complexity index is 339. The molecule has 0 amide bonds. The van der Waals surface area contributed by atoms with Crippen LogP contribution in [0.3, 0.4) is 0 Å². The monoisotopic (exact) mass is 249 g/mol. The molecular formula is C10H13ClFNOS. The van der Waals surface area contributed by atoms with Crippen LogP contribution in [0.25, 0.3) is 0 Å². The summed E-state index contributed by atoms with van der Waals surface area (Å²) in [6.07, 6.45) is 1.64. The van der Waals surface area contributed by atoms with E-state index >= 15 is 0 Å². The minimum absolute atomic E-state index is 0.312. The topological polar surface area (TPSA) is 29.1 Å². The molecule has 0 saturated carbocycles. The molecule has 0 heterocycles. The molecule has 0 spiro atoms. The molecule has 84 valence electrons. The lowest BCUT2D eigenvalue weighted by molar-refractivity contribution is 0.593. The maximum Gasteiger partial charge on any atom is 0.129 e. The van der Waals surface area contributed by atoms with Crippen molar-refractivity contribution in [3.63, 3.8) is 0 Å². The summed E-state index contributed by atoms with van der Waals surface area (Å²) in [4.78, 5) is 0. The molecule has 1 aromatic rings. The molecular weight excluding hydrogens is 237 g/mol. The Kier molecular flexibility index (Phi) is 5.22. The van der Waals surface area contributed by atoms with Crippen molar-refractivity contribution in [3.8, 4) is 0 Å². The molecule has 0 aromatic heterocycles. The maximum absolute atomic E-state index is 13.3. The van der Waals surface area contributed by atoms with Crippen molar-refractivity contribution in [3.05, 3.63) is 34.6 Å². The molecule has 1 N–H and O–H groups in total. The van der Waals surface area contributed by atoms with Gasteiger partial charge >= 0.3 is 0 Å². The van der Waals surface area contributed by atoms with Gasteiger partial charge in [-0.25, -0.2) is 4.39 Å². The van der Waals surface area contributed by atoms with Gasteiger partial charge in [0.2, 0.25) is 0 Å². The van der Waals surface area contributed by atoms with E-state index in [-0.39, 0.29) is 5.82 Å². The predicted octanol–water partition coefficient (Wildman–Crippen LogP) is 1.95. The van der Waals surface area contributed by atoms with Crippen LogP contribution >= 0.6 is 11.6 Å². The lowest BCUT2D eigenvalue weighted by Gasteiger charge is -2.06. The first-order valence-corrected chi connectivity index (χ1v) is 6.65. The van der Waals surface area contributed by atoms with Gasteiger partial charge < -0.3 is 5.32 Å². The normalized spacial score (nSPS) is 12.7. The van der Waals surface area contributed by atoms with Gasteiger partial charge in [-0.1, -0.05) is 17.7 Å². The second-order valence-corrected chi connectivity index (χ2v) is 5.12. The minimum atomic E-state index is -0.823. The van der Waals surface area contributed by atoms with Gasteiger partial charge in [-0.15, -0.1) is 0 Å². The molecule has 0 bridgehead atoms. The van der Waals surface area contributed by atoms with E-state index in [1.807, 2.05) is 0 Å². The fraction of sp³-hybridized carbons (Fsp3) is 0.400. The first-order chi connectivity index (χ1) is 7.11. The summed E-state index contributed by atoms with van der Waals surface area (Å²) in [5.41, 5.74) is 0.459. The molecule has 0 saturated heterocycles. The second kappa shape index (κ2) is 6.20. The van der Waals surface area contributed by atoms with E-state index in [4.69, 9.17) is 11.6 Å². The highest BCUT2D eigenvalue weighted by Crippen LogP contribution is 2.18. The summed E-state index contributed by atoms with van der Waals surface area (Å²) in [5, 5.41) is 3.41. The first-order valence-electron chi connectivity index (χ1n) is 4.55. The lowest BCUT2D eigenvalue weighted by atomic mass is 10.2. The molecule has 0 fully saturated rings. The van der Waals surface area contributed by atoms with Crippen LogP contribution < -0.4 is 5.32 Å². The zero-order valence-corrected chi connectivity index (χ0v) is 10.00. The van der Waals surface area contributed by atoms with E-state index in [9.17, 15) is 8.60 Å². The average Bonchev–Trinajstić information content (AvgIpc) is 2.15. The van der Waals surface area contributed by atoms with E-state index in [1.165, 1.54) is 6.07 Å². The quantitative estimate of drug-likeness (QED) is 0.809. The summed E-state index contributed by atoms with van der Waals surface area (Å²) in [7, 11) is -0.823. The van der Waals surface area contributed by atoms with Crippen LogP contribution in [0.1, 0.15) is 5.56 Å². The van der Waals surface area contributed by atoms with Crippen LogP contribution in [0.5, 0.6) is 0 Å². The van der Waals surface area contributed by atoms with Crippen LogP contribution in [-0.4, -0.2) is 22.8 Å². The maximum atomic E-state index is 13.3. The summed E-state index contributed by atoms with van der Waals surface area (Å²) < 4.78 is 24.0. The average molecular weight is 250 g/mol. The number of halogens is 2. The fourth-order valence-corrected chi connectivity index (χ4v) is 1.79. The molecule has 0 unspecified atom stereocenters. The molecule has 1 atom stereocenters. The zero-order valence-electron chi connectivity index (χ0n) is 8.43. The van der Waals surface area contributed by atoms with Gasteiger partial charge in [-0.3, -0.25) is 4.21 Å². The molecule has 5 heteroatoms. The van der Waals surface area contributed by atoms with Crippen molar-refractivity contribution < 1.29 is 8.60 Å². The number of hydrogen-bond acceptors (Lipinski definition) is 2. The van der Waals surface area contributed by atoms with Crippen molar-refractivity contribution in [1.82, 2.24) is 5.32 Å². The summed E-state index contributed by atoms with van der Waals surface area (Å²) in [6, 6.07) is 4.60. The molecule has 0 aliphatic rings. The van der Waals surface area contributed by atoms with Crippen molar-refractivity contribution in [2.75, 3.05) is 18.6 Å². The molecule has 1 rings (SSSR count). The Morgan fingerprint density at radius 1 is 1.53 bits per heavy atom. The lowest BCUT2D eigenvalue weighted by Crippen LogP contribution is -2.20. The molecule has 0 radical (unpaired) electrons. The minimum Gasteiger partial charge on any atom is -0.312 e. The molecule has 2 nitrogen and oxygen atoms in total. The van der Waals surface area contributed by atoms with Crippen LogP contribution in [-0.2, 0) is 17.3 Å². The van der Waals surface area contributed by atoms with Gasteiger partial charge in [0.15, 0.2) is 0 Å². The van der Waals surface area contributed by atoms with Gasteiger partial charge in [0.1, 0.15) is 5.82 Å². The van der Waals surface area contributed by atoms with Crippen LogP contribution in [0.4, 0.5) is 4.39 Å². The Morgan fingerprint density at radius 3 is 2.87 bits per heavy atom. The third kappa shape index (κ3) is 4.28. The van der Waals surface area contributed by atoms with E-state index in [0.29, 0.717) is 29.4 Å². The van der Waals surface area contributed by atoms with E-state index in [1.54, 1.807) is 18.4 Å². The van der Waals surface area contributed by atoms with Crippen molar-refractivity contribution in [2.24, 2.45) is 0 Å². The summed E-state index contributed by atoms with van der Waals surface area (Å²) >= 11 is 5.83. The Labute approximate surface area is 96.3 Å². The number of rotatable bonds is 5. The molecule has 0 aliphatic heterocycles. The summed E-state index contributed by atoms with van der Waals surface area (Å²) in [5.74, 6) is 0.249. The molecule has 15 heavy (non-hydrogen) atoms.